The van der Waals surface area contributed by atoms with Crippen LogP contribution in [0.2, 0.25) is 0 Å². The molecule has 0 saturated heterocycles. The van der Waals surface area contributed by atoms with E-state index in [0.29, 0.717) is 17.9 Å². The number of para-hydroxylation sites is 1. The van der Waals surface area contributed by atoms with Gasteiger partial charge in [-0.15, -0.1) is 0 Å². The van der Waals surface area contributed by atoms with Gasteiger partial charge < -0.3 is 9.47 Å². The molecule has 0 amide bonds. The Kier molecular flexibility index (Phi) is 6.22. The zero-order valence-electron chi connectivity index (χ0n) is 15.9. The number of carbonyl (C=O) groups is 2. The van der Waals surface area contributed by atoms with Crippen molar-refractivity contribution < 1.29 is 19.1 Å². The Balaban J connectivity index is 1.57. The lowest BCUT2D eigenvalue weighted by Crippen LogP contribution is -2.25. The van der Waals surface area contributed by atoms with Gasteiger partial charge in [-0.3, -0.25) is 9.59 Å². The van der Waals surface area contributed by atoms with E-state index < -0.39 is 12.1 Å². The second-order valence-electron chi connectivity index (χ2n) is 6.26. The van der Waals surface area contributed by atoms with Crippen molar-refractivity contribution in [1.82, 2.24) is 9.78 Å². The molecule has 0 radical (unpaired) electrons. The predicted octanol–water partition coefficient (Wildman–Crippen LogP) is 3.63. The van der Waals surface area contributed by atoms with E-state index in [4.69, 9.17) is 9.47 Å². The third kappa shape index (κ3) is 4.85. The van der Waals surface area contributed by atoms with Crippen LogP contribution in [0, 0.1) is 0 Å². The van der Waals surface area contributed by atoms with Gasteiger partial charge in [0.25, 0.3) is 0 Å². The second kappa shape index (κ2) is 8.99. The van der Waals surface area contributed by atoms with Gasteiger partial charge in [0.15, 0.2) is 6.10 Å². The molecule has 28 heavy (non-hydrogen) atoms. The first-order valence-electron chi connectivity index (χ1n) is 9.12. The molecule has 6 heteroatoms. The average Bonchev–Trinajstić information content (AvgIpc) is 3.17. The van der Waals surface area contributed by atoms with Crippen LogP contribution < -0.4 is 4.74 Å². The fourth-order valence-electron chi connectivity index (χ4n) is 2.75. The maximum atomic E-state index is 12.5. The Hall–Kier alpha value is -3.41. The molecule has 1 unspecified atom stereocenters. The quantitative estimate of drug-likeness (QED) is 0.442. The maximum Gasteiger partial charge on any atom is 0.311 e. The van der Waals surface area contributed by atoms with Crippen molar-refractivity contribution in [3.8, 4) is 11.4 Å². The van der Waals surface area contributed by atoms with E-state index in [1.54, 1.807) is 48.3 Å². The summed E-state index contributed by atoms with van der Waals surface area (Å²) in [6.07, 6.45) is 2.57. The summed E-state index contributed by atoms with van der Waals surface area (Å²) in [5.74, 6) is -0.0325. The number of hydrogen-bond acceptors (Lipinski definition) is 5. The number of hydrogen-bond donors (Lipinski definition) is 0. The predicted molar refractivity (Wildman–Crippen MR) is 105 cm³/mol. The molecule has 0 bridgehead atoms. The van der Waals surface area contributed by atoms with Crippen molar-refractivity contribution in [2.24, 2.45) is 0 Å². The summed E-state index contributed by atoms with van der Waals surface area (Å²) in [6.45, 7) is 4.02. The van der Waals surface area contributed by atoms with Gasteiger partial charge in [0.05, 0.1) is 24.9 Å². The molecule has 0 N–H and O–H groups in total. The van der Waals surface area contributed by atoms with Crippen LogP contribution in [0.1, 0.15) is 29.8 Å². The third-order valence-electron chi connectivity index (χ3n) is 4.13. The molecule has 0 aliphatic heterocycles. The molecule has 1 aromatic heterocycles. The van der Waals surface area contributed by atoms with Crippen LogP contribution >= 0.6 is 0 Å². The molecule has 2 aromatic carbocycles. The first-order chi connectivity index (χ1) is 13.6. The molecular formula is C22H22N2O4. The maximum absolute atomic E-state index is 12.5. The van der Waals surface area contributed by atoms with Gasteiger partial charge >= 0.3 is 5.97 Å². The molecule has 0 fully saturated rings. The van der Waals surface area contributed by atoms with E-state index in [2.05, 4.69) is 5.10 Å². The van der Waals surface area contributed by atoms with Gasteiger partial charge in [-0.25, -0.2) is 4.68 Å². The van der Waals surface area contributed by atoms with E-state index in [9.17, 15) is 9.59 Å². The monoisotopic (exact) mass is 378 g/mol. The fraction of sp³-hybridized carbons (Fsp3) is 0.227. The van der Waals surface area contributed by atoms with Crippen LogP contribution in [0.5, 0.6) is 5.75 Å². The summed E-state index contributed by atoms with van der Waals surface area (Å²) in [7, 11) is 0. The molecule has 3 aromatic rings. The first-order valence-corrected chi connectivity index (χ1v) is 9.12. The Morgan fingerprint density at radius 3 is 2.46 bits per heavy atom. The van der Waals surface area contributed by atoms with Crippen LogP contribution in [-0.4, -0.2) is 34.2 Å². The van der Waals surface area contributed by atoms with Gasteiger partial charge in [-0.05, 0) is 50.2 Å². The minimum absolute atomic E-state index is 0.0493. The molecule has 1 atom stereocenters. The molecule has 0 aliphatic rings. The van der Waals surface area contributed by atoms with Gasteiger partial charge in [-0.1, -0.05) is 18.2 Å². The van der Waals surface area contributed by atoms with Gasteiger partial charge in [-0.2, -0.15) is 5.10 Å². The van der Waals surface area contributed by atoms with Crippen LogP contribution in [0.3, 0.4) is 0 Å². The van der Waals surface area contributed by atoms with Crippen molar-refractivity contribution in [2.75, 3.05) is 6.61 Å². The molecule has 0 aliphatic carbocycles. The van der Waals surface area contributed by atoms with E-state index in [0.717, 1.165) is 11.3 Å². The van der Waals surface area contributed by atoms with Crippen LogP contribution in [0.15, 0.2) is 67.0 Å². The minimum atomic E-state index is -0.866. The van der Waals surface area contributed by atoms with E-state index >= 15 is 0 Å². The third-order valence-corrected chi connectivity index (χ3v) is 4.13. The van der Waals surface area contributed by atoms with Crippen molar-refractivity contribution in [2.45, 2.75) is 26.4 Å². The molecule has 144 valence electrons. The summed E-state index contributed by atoms with van der Waals surface area (Å²) in [6, 6.07) is 16.4. The summed E-state index contributed by atoms with van der Waals surface area (Å²) in [5.41, 5.74) is 2.09. The number of benzene rings is 2. The Morgan fingerprint density at radius 1 is 1.07 bits per heavy atom. The Labute approximate surface area is 163 Å². The zero-order valence-corrected chi connectivity index (χ0v) is 15.9. The molecule has 1 heterocycles. The number of rotatable bonds is 8. The normalized spacial score (nSPS) is 11.6. The number of esters is 1. The summed E-state index contributed by atoms with van der Waals surface area (Å²) in [4.78, 5) is 24.7. The highest BCUT2D eigenvalue weighted by atomic mass is 16.5. The van der Waals surface area contributed by atoms with Crippen molar-refractivity contribution in [1.29, 1.82) is 0 Å². The number of ether oxygens (including phenoxy) is 2. The summed E-state index contributed by atoms with van der Waals surface area (Å²) >= 11 is 0. The van der Waals surface area contributed by atoms with E-state index in [1.807, 2.05) is 37.3 Å². The zero-order chi connectivity index (χ0) is 19.9. The molecular weight excluding hydrogens is 356 g/mol. The fourth-order valence-corrected chi connectivity index (χ4v) is 2.75. The lowest BCUT2D eigenvalue weighted by Gasteiger charge is -2.12. The molecule has 3 rings (SSSR count). The van der Waals surface area contributed by atoms with Gasteiger partial charge in [0.1, 0.15) is 5.75 Å². The highest BCUT2D eigenvalue weighted by Crippen LogP contribution is 2.15. The highest BCUT2D eigenvalue weighted by Gasteiger charge is 2.20. The lowest BCUT2D eigenvalue weighted by atomic mass is 10.1. The SMILES string of the molecule is CCOc1ccc(C(=O)C(C)OC(=O)Cc2cnn(-c3ccccc3)c2)cc1. The highest BCUT2D eigenvalue weighted by molar-refractivity contribution is 6.00. The van der Waals surface area contributed by atoms with Crippen molar-refractivity contribution >= 4 is 11.8 Å². The Morgan fingerprint density at radius 2 is 1.79 bits per heavy atom. The van der Waals surface area contributed by atoms with E-state index in [-0.39, 0.29) is 12.2 Å². The number of aromatic nitrogens is 2. The molecule has 6 nitrogen and oxygen atoms in total. The van der Waals surface area contributed by atoms with Gasteiger partial charge in [0.2, 0.25) is 5.78 Å². The summed E-state index contributed by atoms with van der Waals surface area (Å²) < 4.78 is 12.4. The minimum Gasteiger partial charge on any atom is -0.494 e. The van der Waals surface area contributed by atoms with Crippen LogP contribution in [0.4, 0.5) is 0 Å². The molecule has 0 saturated carbocycles. The molecule has 0 spiro atoms. The van der Waals surface area contributed by atoms with Crippen LogP contribution in [0.25, 0.3) is 5.69 Å². The van der Waals surface area contributed by atoms with E-state index in [1.165, 1.54) is 0 Å². The number of nitrogens with zero attached hydrogens (tertiary/aromatic N) is 2. The first kappa shape index (κ1) is 19.4. The van der Waals surface area contributed by atoms with Gasteiger partial charge in [0, 0.05) is 17.3 Å². The lowest BCUT2D eigenvalue weighted by molar-refractivity contribution is -0.145. The van der Waals surface area contributed by atoms with Crippen molar-refractivity contribution in [3.63, 3.8) is 0 Å². The Bertz CT molecular complexity index is 933. The average molecular weight is 378 g/mol. The topological polar surface area (TPSA) is 70.4 Å². The van der Waals surface area contributed by atoms with Crippen molar-refractivity contribution in [3.05, 3.63) is 78.1 Å². The second-order valence-corrected chi connectivity index (χ2v) is 6.26. The number of Topliss-reactive ketones (excluding diaryl/α,β-unsaturated/α-hetero) is 1. The number of carbonyl (C=O) groups excluding carboxylic acids is 2. The number of ketones is 1. The van der Waals surface area contributed by atoms with Crippen LogP contribution in [-0.2, 0) is 16.0 Å². The summed E-state index contributed by atoms with van der Waals surface area (Å²) in [5, 5.41) is 4.25. The standard InChI is InChI=1S/C22H22N2O4/c1-3-27-20-11-9-18(10-12-20)22(26)16(2)28-21(25)13-17-14-23-24(15-17)19-7-5-4-6-8-19/h4-12,14-16H,3,13H2,1-2H3. The smallest absolute Gasteiger partial charge is 0.311 e. The largest absolute Gasteiger partial charge is 0.494 e.